The zero-order chi connectivity index (χ0) is 17.6. The van der Waals surface area contributed by atoms with Gasteiger partial charge in [0.05, 0.1) is 12.3 Å². The number of anilines is 1. The maximum absolute atomic E-state index is 12.2. The van der Waals surface area contributed by atoms with Crippen LogP contribution in [0.25, 0.3) is 0 Å². The van der Waals surface area contributed by atoms with Gasteiger partial charge >= 0.3 is 0 Å². The van der Waals surface area contributed by atoms with E-state index in [0.717, 1.165) is 11.1 Å². The Morgan fingerprint density at radius 2 is 2.04 bits per heavy atom. The highest BCUT2D eigenvalue weighted by Crippen LogP contribution is 2.21. The van der Waals surface area contributed by atoms with Crippen LogP contribution in [0.2, 0.25) is 5.02 Å². The van der Waals surface area contributed by atoms with E-state index in [0.29, 0.717) is 22.4 Å². The molecule has 0 aliphatic rings. The maximum Gasteiger partial charge on any atom is 0.234 e. The van der Waals surface area contributed by atoms with Crippen molar-refractivity contribution in [1.82, 2.24) is 20.2 Å². The van der Waals surface area contributed by atoms with Gasteiger partial charge in [-0.25, -0.2) is 4.68 Å². The van der Waals surface area contributed by atoms with Crippen LogP contribution in [0, 0.1) is 6.92 Å². The summed E-state index contributed by atoms with van der Waals surface area (Å²) in [6.07, 6.45) is 0. The van der Waals surface area contributed by atoms with Gasteiger partial charge in [-0.1, -0.05) is 59.8 Å². The maximum atomic E-state index is 12.2. The molecule has 1 aromatic heterocycles. The lowest BCUT2D eigenvalue weighted by molar-refractivity contribution is -0.113. The van der Waals surface area contributed by atoms with E-state index in [1.165, 1.54) is 11.8 Å². The Kier molecular flexibility index (Phi) is 5.67. The van der Waals surface area contributed by atoms with Gasteiger partial charge < -0.3 is 5.32 Å². The highest BCUT2D eigenvalue weighted by molar-refractivity contribution is 7.99. The molecule has 3 rings (SSSR count). The topological polar surface area (TPSA) is 72.7 Å². The van der Waals surface area contributed by atoms with Crippen LogP contribution in [0.1, 0.15) is 11.1 Å². The molecule has 1 amide bonds. The second kappa shape index (κ2) is 8.13. The number of halogens is 1. The van der Waals surface area contributed by atoms with Crippen molar-refractivity contribution < 1.29 is 4.79 Å². The largest absolute Gasteiger partial charge is 0.325 e. The molecule has 25 heavy (non-hydrogen) atoms. The lowest BCUT2D eigenvalue weighted by Crippen LogP contribution is -2.15. The van der Waals surface area contributed by atoms with E-state index in [4.69, 9.17) is 11.6 Å². The minimum atomic E-state index is -0.135. The summed E-state index contributed by atoms with van der Waals surface area (Å²) >= 11 is 7.26. The number of thioether (sulfide) groups is 1. The molecule has 128 valence electrons. The van der Waals surface area contributed by atoms with Crippen molar-refractivity contribution in [3.8, 4) is 0 Å². The number of aromatic nitrogens is 4. The van der Waals surface area contributed by atoms with Crippen LogP contribution in [0.15, 0.2) is 53.7 Å². The molecule has 0 atom stereocenters. The Balaban J connectivity index is 1.59. The first-order valence-corrected chi connectivity index (χ1v) is 8.97. The number of hydrogen-bond donors (Lipinski definition) is 1. The molecule has 8 heteroatoms. The average molecular weight is 374 g/mol. The number of hydrogen-bond acceptors (Lipinski definition) is 5. The summed E-state index contributed by atoms with van der Waals surface area (Å²) in [5.74, 6) is 0.0748. The fourth-order valence-electron chi connectivity index (χ4n) is 2.20. The summed E-state index contributed by atoms with van der Waals surface area (Å²) in [6.45, 7) is 2.48. The van der Waals surface area contributed by atoms with Crippen LogP contribution in [0.3, 0.4) is 0 Å². The zero-order valence-electron chi connectivity index (χ0n) is 13.5. The van der Waals surface area contributed by atoms with E-state index in [2.05, 4.69) is 20.8 Å². The summed E-state index contributed by atoms with van der Waals surface area (Å²) in [6, 6.07) is 15.3. The molecule has 0 spiro atoms. The molecule has 1 N–H and O–H groups in total. The Bertz CT molecular complexity index is 868. The number of rotatable bonds is 6. The van der Waals surface area contributed by atoms with Crippen molar-refractivity contribution >= 4 is 35.0 Å². The number of amides is 1. The molecular formula is C17H16ClN5OS. The van der Waals surface area contributed by atoms with Crippen molar-refractivity contribution in [2.45, 2.75) is 18.6 Å². The highest BCUT2D eigenvalue weighted by atomic mass is 35.5. The number of nitrogens with zero attached hydrogens (tertiary/aromatic N) is 4. The molecule has 0 bridgehead atoms. The summed E-state index contributed by atoms with van der Waals surface area (Å²) in [5.41, 5.74) is 2.76. The predicted octanol–water partition coefficient (Wildman–Crippen LogP) is 3.41. The van der Waals surface area contributed by atoms with E-state index in [9.17, 15) is 4.79 Å². The standard InChI is InChI=1S/C17H16ClN5OS/c1-12-7-8-14(18)9-15(12)19-16(24)11-25-17-20-21-22-23(17)10-13-5-3-2-4-6-13/h2-9H,10-11H2,1H3,(H,19,24). The average Bonchev–Trinajstić information content (AvgIpc) is 3.04. The van der Waals surface area contributed by atoms with Gasteiger partial charge in [0.25, 0.3) is 0 Å². The molecule has 0 saturated heterocycles. The molecule has 3 aromatic rings. The quantitative estimate of drug-likeness (QED) is 0.670. The molecule has 0 fully saturated rings. The minimum absolute atomic E-state index is 0.135. The first kappa shape index (κ1) is 17.4. The smallest absolute Gasteiger partial charge is 0.234 e. The fraction of sp³-hybridized carbons (Fsp3) is 0.176. The third kappa shape index (κ3) is 4.80. The van der Waals surface area contributed by atoms with Gasteiger partial charge in [0.1, 0.15) is 0 Å². The van der Waals surface area contributed by atoms with Gasteiger partial charge in [-0.15, -0.1) is 5.10 Å². The van der Waals surface area contributed by atoms with Crippen LogP contribution in [-0.4, -0.2) is 31.9 Å². The summed E-state index contributed by atoms with van der Waals surface area (Å²) in [7, 11) is 0. The number of carbonyl (C=O) groups excluding carboxylic acids is 1. The number of tetrazole rings is 1. The van der Waals surface area contributed by atoms with Crippen molar-refractivity contribution in [3.63, 3.8) is 0 Å². The Morgan fingerprint density at radius 3 is 2.84 bits per heavy atom. The van der Waals surface area contributed by atoms with E-state index >= 15 is 0 Å². The van der Waals surface area contributed by atoms with Gasteiger partial charge in [-0.3, -0.25) is 4.79 Å². The number of aryl methyl sites for hydroxylation is 1. The van der Waals surface area contributed by atoms with Gasteiger partial charge in [0, 0.05) is 10.7 Å². The Hall–Kier alpha value is -2.38. The van der Waals surface area contributed by atoms with E-state index in [1.54, 1.807) is 16.8 Å². The predicted molar refractivity (Wildman–Crippen MR) is 98.9 cm³/mol. The van der Waals surface area contributed by atoms with E-state index < -0.39 is 0 Å². The molecule has 0 aliphatic carbocycles. The van der Waals surface area contributed by atoms with Gasteiger partial charge in [-0.2, -0.15) is 0 Å². The SMILES string of the molecule is Cc1ccc(Cl)cc1NC(=O)CSc1nnnn1Cc1ccccc1. The van der Waals surface area contributed by atoms with E-state index in [1.807, 2.05) is 43.3 Å². The normalized spacial score (nSPS) is 10.6. The number of carbonyl (C=O) groups is 1. The van der Waals surface area contributed by atoms with Gasteiger partial charge in [0.15, 0.2) is 0 Å². The molecule has 0 unspecified atom stereocenters. The molecule has 0 saturated carbocycles. The second-order valence-electron chi connectivity index (χ2n) is 5.40. The first-order valence-electron chi connectivity index (χ1n) is 7.61. The molecule has 0 aliphatic heterocycles. The third-order valence-electron chi connectivity index (χ3n) is 3.48. The van der Waals surface area contributed by atoms with Crippen molar-refractivity contribution in [2.75, 3.05) is 11.1 Å². The van der Waals surface area contributed by atoms with Crippen LogP contribution < -0.4 is 5.32 Å². The van der Waals surface area contributed by atoms with Gasteiger partial charge in [0.2, 0.25) is 11.1 Å². The lowest BCUT2D eigenvalue weighted by atomic mass is 10.2. The minimum Gasteiger partial charge on any atom is -0.325 e. The molecule has 1 heterocycles. The number of benzene rings is 2. The number of nitrogens with one attached hydrogen (secondary N) is 1. The van der Waals surface area contributed by atoms with Crippen LogP contribution in [-0.2, 0) is 11.3 Å². The van der Waals surface area contributed by atoms with Crippen molar-refractivity contribution in [2.24, 2.45) is 0 Å². The molecule has 6 nitrogen and oxygen atoms in total. The Morgan fingerprint density at radius 1 is 1.24 bits per heavy atom. The van der Waals surface area contributed by atoms with E-state index in [-0.39, 0.29) is 11.7 Å². The monoisotopic (exact) mass is 373 g/mol. The van der Waals surface area contributed by atoms with Gasteiger partial charge in [-0.05, 0) is 40.6 Å². The molecular weight excluding hydrogens is 358 g/mol. The summed E-state index contributed by atoms with van der Waals surface area (Å²) in [5, 5.41) is 15.7. The third-order valence-corrected chi connectivity index (χ3v) is 4.67. The molecule has 2 aromatic carbocycles. The summed E-state index contributed by atoms with van der Waals surface area (Å²) < 4.78 is 1.68. The summed E-state index contributed by atoms with van der Waals surface area (Å²) in [4.78, 5) is 12.2. The van der Waals surface area contributed by atoms with Crippen molar-refractivity contribution in [1.29, 1.82) is 0 Å². The van der Waals surface area contributed by atoms with Crippen LogP contribution in [0.4, 0.5) is 5.69 Å². The second-order valence-corrected chi connectivity index (χ2v) is 6.78. The van der Waals surface area contributed by atoms with Crippen molar-refractivity contribution in [3.05, 3.63) is 64.7 Å². The first-order chi connectivity index (χ1) is 12.1. The van der Waals surface area contributed by atoms with Crippen LogP contribution >= 0.6 is 23.4 Å². The zero-order valence-corrected chi connectivity index (χ0v) is 15.1. The molecule has 0 radical (unpaired) electrons. The Labute approximate surface area is 154 Å². The highest BCUT2D eigenvalue weighted by Gasteiger charge is 2.11. The fourth-order valence-corrected chi connectivity index (χ4v) is 3.05. The van der Waals surface area contributed by atoms with Crippen LogP contribution in [0.5, 0.6) is 0 Å². The lowest BCUT2D eigenvalue weighted by Gasteiger charge is -2.08.